The van der Waals surface area contributed by atoms with Crippen LogP contribution in [0.2, 0.25) is 0 Å². The van der Waals surface area contributed by atoms with E-state index in [1.54, 1.807) is 18.2 Å². The molecule has 0 aromatic heterocycles. The summed E-state index contributed by atoms with van der Waals surface area (Å²) in [4.78, 5) is 26.4. The molecule has 0 radical (unpaired) electrons. The number of esters is 1. The van der Waals surface area contributed by atoms with Gasteiger partial charge in [0.1, 0.15) is 6.04 Å². The Labute approximate surface area is 217 Å². The Kier molecular flexibility index (Phi) is 8.12. The van der Waals surface area contributed by atoms with Gasteiger partial charge in [-0.1, -0.05) is 103 Å². The van der Waals surface area contributed by atoms with E-state index < -0.39 is 17.4 Å². The monoisotopic (exact) mass is 488 g/mol. The highest BCUT2D eigenvalue weighted by molar-refractivity contribution is 5.86. The minimum atomic E-state index is -0.897. The summed E-state index contributed by atoms with van der Waals surface area (Å²) in [7, 11) is 1.30. The number of benzene rings is 4. The van der Waals surface area contributed by atoms with E-state index in [4.69, 9.17) is 4.74 Å². The van der Waals surface area contributed by atoms with Gasteiger partial charge in [-0.2, -0.15) is 5.26 Å². The first-order valence-corrected chi connectivity index (χ1v) is 12.1. The number of methoxy groups -OCH3 is 1. The zero-order valence-electron chi connectivity index (χ0n) is 20.6. The summed E-state index contributed by atoms with van der Waals surface area (Å²) in [5.74, 6) is -0.830. The van der Waals surface area contributed by atoms with Crippen LogP contribution in [0.1, 0.15) is 34.2 Å². The fraction of sp³-hybridized carbons (Fsp3) is 0.156. The van der Waals surface area contributed by atoms with Gasteiger partial charge in [-0.15, -0.1) is 0 Å². The van der Waals surface area contributed by atoms with Gasteiger partial charge in [0.25, 0.3) is 0 Å². The smallest absolute Gasteiger partial charge is 0.328 e. The summed E-state index contributed by atoms with van der Waals surface area (Å²) >= 11 is 0. The molecule has 5 heteroatoms. The third-order valence-corrected chi connectivity index (χ3v) is 6.54. The zero-order chi connectivity index (χ0) is 26.1. The van der Waals surface area contributed by atoms with Crippen molar-refractivity contribution in [2.24, 2.45) is 0 Å². The van der Waals surface area contributed by atoms with Gasteiger partial charge in [-0.25, -0.2) is 4.79 Å². The molecule has 1 N–H and O–H groups in total. The number of rotatable bonds is 9. The minimum Gasteiger partial charge on any atom is -0.467 e. The molecule has 0 saturated carbocycles. The van der Waals surface area contributed by atoms with E-state index in [9.17, 15) is 14.9 Å². The average Bonchev–Trinajstić information content (AvgIpc) is 2.96. The van der Waals surface area contributed by atoms with Crippen LogP contribution in [0.15, 0.2) is 115 Å². The van der Waals surface area contributed by atoms with E-state index >= 15 is 0 Å². The predicted octanol–water partition coefficient (Wildman–Crippen LogP) is 5.18. The molecule has 37 heavy (non-hydrogen) atoms. The summed E-state index contributed by atoms with van der Waals surface area (Å²) in [5.41, 5.74) is 3.38. The summed E-state index contributed by atoms with van der Waals surface area (Å²) in [6.07, 6.45) is 0.291. The van der Waals surface area contributed by atoms with Crippen molar-refractivity contribution in [1.82, 2.24) is 5.32 Å². The Morgan fingerprint density at radius 2 is 1.32 bits per heavy atom. The Hall–Kier alpha value is -4.69. The maximum absolute atomic E-state index is 13.8. The van der Waals surface area contributed by atoms with Gasteiger partial charge in [0.2, 0.25) is 5.91 Å². The van der Waals surface area contributed by atoms with Crippen molar-refractivity contribution >= 4 is 11.9 Å². The molecule has 1 amide bonds. The number of hydrogen-bond acceptors (Lipinski definition) is 4. The summed E-state index contributed by atoms with van der Waals surface area (Å²) in [6.45, 7) is 0. The lowest BCUT2D eigenvalue weighted by atomic mass is 9.67. The highest BCUT2D eigenvalue weighted by Gasteiger charge is 2.39. The number of nitrogens with one attached hydrogen (secondary N) is 1. The van der Waals surface area contributed by atoms with E-state index in [2.05, 4.69) is 11.4 Å². The molecule has 1 atom stereocenters. The van der Waals surface area contributed by atoms with Crippen LogP contribution in [0.25, 0.3) is 0 Å². The normalized spacial score (nSPS) is 11.7. The van der Waals surface area contributed by atoms with Crippen molar-refractivity contribution in [2.45, 2.75) is 24.3 Å². The van der Waals surface area contributed by atoms with Crippen LogP contribution in [0.4, 0.5) is 0 Å². The molecule has 5 nitrogen and oxygen atoms in total. The maximum Gasteiger partial charge on any atom is 0.328 e. The number of hydrogen-bond donors (Lipinski definition) is 1. The predicted molar refractivity (Wildman–Crippen MR) is 143 cm³/mol. The molecule has 0 heterocycles. The van der Waals surface area contributed by atoms with Crippen LogP contribution in [0.5, 0.6) is 0 Å². The minimum absolute atomic E-state index is 0.0801. The molecule has 0 aliphatic heterocycles. The summed E-state index contributed by atoms with van der Waals surface area (Å²) < 4.78 is 5.01. The van der Waals surface area contributed by atoms with Crippen LogP contribution in [0, 0.1) is 11.3 Å². The van der Waals surface area contributed by atoms with Gasteiger partial charge in [0.05, 0.1) is 24.2 Å². The first-order valence-electron chi connectivity index (χ1n) is 12.1. The number of nitrogens with zero attached hydrogens (tertiary/aromatic N) is 1. The van der Waals surface area contributed by atoms with Crippen LogP contribution in [0.3, 0.4) is 0 Å². The number of carbonyl (C=O) groups excluding carboxylic acids is 2. The van der Waals surface area contributed by atoms with Crippen LogP contribution in [-0.4, -0.2) is 25.0 Å². The topological polar surface area (TPSA) is 79.2 Å². The van der Waals surface area contributed by atoms with Gasteiger partial charge in [-0.3, -0.25) is 4.79 Å². The standard InChI is InChI=1S/C32H28N2O3/c1-37-31(36)29(21-24-12-11-13-25(20-24)23-33)34-30(35)22-32(26-14-5-2-6-15-26,27-16-7-3-8-17-27)28-18-9-4-10-19-28/h2-20,29H,21-22H2,1H3,(H,34,35)/t29-/m1/s1. The molecule has 0 saturated heterocycles. The van der Waals surface area contributed by atoms with Crippen LogP contribution >= 0.6 is 0 Å². The molecule has 4 aromatic rings. The fourth-order valence-corrected chi connectivity index (χ4v) is 4.80. The second-order valence-electron chi connectivity index (χ2n) is 8.84. The molecule has 0 spiro atoms. The van der Waals surface area contributed by atoms with E-state index in [1.807, 2.05) is 97.1 Å². The van der Waals surface area contributed by atoms with Crippen LogP contribution in [-0.2, 0) is 26.2 Å². The van der Waals surface area contributed by atoms with Crippen molar-refractivity contribution in [1.29, 1.82) is 5.26 Å². The summed E-state index contributed by atoms with van der Waals surface area (Å²) in [6, 6.07) is 38.0. The molecule has 4 aromatic carbocycles. The van der Waals surface area contributed by atoms with Gasteiger partial charge in [0.15, 0.2) is 0 Å². The second kappa shape index (κ2) is 11.8. The molecule has 0 aliphatic carbocycles. The Morgan fingerprint density at radius 3 is 1.78 bits per heavy atom. The van der Waals surface area contributed by atoms with E-state index in [0.29, 0.717) is 5.56 Å². The van der Waals surface area contributed by atoms with Gasteiger partial charge in [-0.05, 0) is 34.4 Å². The van der Waals surface area contributed by atoms with Crippen LogP contribution < -0.4 is 5.32 Å². The van der Waals surface area contributed by atoms with Gasteiger partial charge in [0, 0.05) is 12.8 Å². The lowest BCUT2D eigenvalue weighted by Gasteiger charge is -2.36. The lowest BCUT2D eigenvalue weighted by molar-refractivity contribution is -0.145. The van der Waals surface area contributed by atoms with Crippen molar-refractivity contribution in [2.75, 3.05) is 7.11 Å². The Bertz CT molecular complexity index is 1280. The SMILES string of the molecule is COC(=O)[C@@H](Cc1cccc(C#N)c1)NC(=O)CC(c1ccccc1)(c1ccccc1)c1ccccc1. The van der Waals surface area contributed by atoms with E-state index in [-0.39, 0.29) is 18.7 Å². The summed E-state index contributed by atoms with van der Waals surface area (Å²) in [5, 5.41) is 12.2. The molecule has 0 fully saturated rings. The molecular formula is C32H28N2O3. The Morgan fingerprint density at radius 1 is 0.811 bits per heavy atom. The van der Waals surface area contributed by atoms with Crippen molar-refractivity contribution < 1.29 is 14.3 Å². The highest BCUT2D eigenvalue weighted by Crippen LogP contribution is 2.42. The molecular weight excluding hydrogens is 460 g/mol. The number of amides is 1. The molecule has 4 rings (SSSR count). The highest BCUT2D eigenvalue weighted by atomic mass is 16.5. The third kappa shape index (κ3) is 5.76. The van der Waals surface area contributed by atoms with Crippen molar-refractivity contribution in [3.8, 4) is 6.07 Å². The molecule has 0 aliphatic rings. The van der Waals surface area contributed by atoms with Crippen molar-refractivity contribution in [3.63, 3.8) is 0 Å². The first-order chi connectivity index (χ1) is 18.1. The van der Waals surface area contributed by atoms with E-state index in [1.165, 1.54) is 7.11 Å². The van der Waals surface area contributed by atoms with Crippen molar-refractivity contribution in [3.05, 3.63) is 143 Å². The Balaban J connectivity index is 1.73. The third-order valence-electron chi connectivity index (χ3n) is 6.54. The quantitative estimate of drug-likeness (QED) is 0.260. The van der Waals surface area contributed by atoms with Gasteiger partial charge >= 0.3 is 5.97 Å². The molecule has 0 unspecified atom stereocenters. The van der Waals surface area contributed by atoms with E-state index in [0.717, 1.165) is 22.3 Å². The van der Waals surface area contributed by atoms with Gasteiger partial charge < -0.3 is 10.1 Å². The molecule has 184 valence electrons. The fourth-order valence-electron chi connectivity index (χ4n) is 4.80. The molecule has 0 bridgehead atoms. The maximum atomic E-state index is 13.8. The number of nitriles is 1. The first kappa shape index (κ1) is 25.4. The lowest BCUT2D eigenvalue weighted by Crippen LogP contribution is -2.46. The number of carbonyl (C=O) groups is 2. The largest absolute Gasteiger partial charge is 0.467 e. The zero-order valence-corrected chi connectivity index (χ0v) is 20.6. The number of ether oxygens (including phenoxy) is 1. The second-order valence-corrected chi connectivity index (χ2v) is 8.84. The average molecular weight is 489 g/mol.